The Balaban J connectivity index is 1.96. The van der Waals surface area contributed by atoms with Crippen molar-refractivity contribution < 1.29 is 0 Å². The van der Waals surface area contributed by atoms with Gasteiger partial charge in [-0.25, -0.2) is 0 Å². The minimum atomic E-state index is 0.0696. The fourth-order valence-electron chi connectivity index (χ4n) is 2.61. The highest BCUT2D eigenvalue weighted by atomic mass is 15.3. The maximum absolute atomic E-state index is 4.78. The topological polar surface area (TPSA) is 42.7 Å². The summed E-state index contributed by atoms with van der Waals surface area (Å²) in [6, 6.07) is 12.5. The normalized spacial score (nSPS) is 12.7. The average Bonchev–Trinajstić information content (AvgIpc) is 2.97. The van der Waals surface area contributed by atoms with E-state index < -0.39 is 0 Å². The van der Waals surface area contributed by atoms with Crippen molar-refractivity contribution in [1.29, 1.82) is 0 Å². The molecule has 2 aromatic heterocycles. The molecule has 0 aliphatic heterocycles. The van der Waals surface area contributed by atoms with Crippen molar-refractivity contribution in [3.63, 3.8) is 0 Å². The van der Waals surface area contributed by atoms with Crippen LogP contribution in [-0.4, -0.2) is 21.8 Å². The maximum atomic E-state index is 4.78. The summed E-state index contributed by atoms with van der Waals surface area (Å²) in [7, 11) is 1.96. The lowest BCUT2D eigenvalue weighted by molar-refractivity contribution is 0.600. The van der Waals surface area contributed by atoms with Gasteiger partial charge in [0, 0.05) is 23.7 Å². The number of benzene rings is 1. The second-order valence-electron chi connectivity index (χ2n) is 5.19. The first-order chi connectivity index (χ1) is 10.3. The molecule has 1 unspecified atom stereocenters. The number of para-hydroxylation sites is 1. The first-order valence-electron chi connectivity index (χ1n) is 7.37. The van der Waals surface area contributed by atoms with Gasteiger partial charge in [-0.05, 0) is 25.6 Å². The monoisotopic (exact) mass is 280 g/mol. The fourth-order valence-corrected chi connectivity index (χ4v) is 2.61. The third-order valence-electron chi connectivity index (χ3n) is 3.64. The van der Waals surface area contributed by atoms with E-state index in [1.165, 1.54) is 0 Å². The minimum Gasteiger partial charge on any atom is -0.308 e. The van der Waals surface area contributed by atoms with Gasteiger partial charge in [0.25, 0.3) is 0 Å². The molecule has 0 bridgehead atoms. The Kier molecular flexibility index (Phi) is 3.97. The smallest absolute Gasteiger partial charge is 0.0780 e. The molecule has 0 amide bonds. The van der Waals surface area contributed by atoms with E-state index in [2.05, 4.69) is 41.7 Å². The van der Waals surface area contributed by atoms with Crippen molar-refractivity contribution in [1.82, 2.24) is 20.1 Å². The quantitative estimate of drug-likeness (QED) is 0.780. The zero-order valence-corrected chi connectivity index (χ0v) is 12.5. The van der Waals surface area contributed by atoms with Crippen molar-refractivity contribution in [2.24, 2.45) is 0 Å². The number of aromatic nitrogens is 3. The molecule has 108 valence electrons. The van der Waals surface area contributed by atoms with Crippen LogP contribution in [0.3, 0.4) is 0 Å². The van der Waals surface area contributed by atoms with E-state index in [9.17, 15) is 0 Å². The molecule has 1 atom stereocenters. The van der Waals surface area contributed by atoms with E-state index in [1.54, 1.807) is 0 Å². The fraction of sp³-hybridized carbons (Fsp3) is 0.294. The molecule has 21 heavy (non-hydrogen) atoms. The van der Waals surface area contributed by atoms with Crippen molar-refractivity contribution >= 4 is 10.9 Å². The molecule has 2 heterocycles. The van der Waals surface area contributed by atoms with E-state index in [-0.39, 0.29) is 6.04 Å². The third-order valence-corrected chi connectivity index (χ3v) is 3.64. The number of fused-ring (bicyclic) bond motifs is 1. The molecular weight excluding hydrogens is 260 g/mol. The molecule has 1 aromatic carbocycles. The average molecular weight is 280 g/mol. The Bertz CT molecular complexity index is 732. The summed E-state index contributed by atoms with van der Waals surface area (Å²) in [6.07, 6.45) is 5.11. The molecule has 1 N–H and O–H groups in total. The van der Waals surface area contributed by atoms with Gasteiger partial charge in [0.1, 0.15) is 0 Å². The highest BCUT2D eigenvalue weighted by Crippen LogP contribution is 2.22. The zero-order chi connectivity index (χ0) is 14.7. The Labute approximate surface area is 124 Å². The predicted molar refractivity (Wildman–Crippen MR) is 85.2 cm³/mol. The number of hydrogen-bond acceptors (Lipinski definition) is 3. The number of nitrogens with one attached hydrogen (secondary N) is 1. The molecule has 4 nitrogen and oxygen atoms in total. The summed E-state index contributed by atoms with van der Waals surface area (Å²) in [4.78, 5) is 4.78. The number of aryl methyl sites for hydroxylation is 1. The Morgan fingerprint density at radius 1 is 1.19 bits per heavy atom. The van der Waals surface area contributed by atoms with Crippen molar-refractivity contribution in [3.8, 4) is 0 Å². The van der Waals surface area contributed by atoms with Gasteiger partial charge in [-0.15, -0.1) is 0 Å². The molecule has 0 radical (unpaired) electrons. The number of hydrogen-bond donors (Lipinski definition) is 1. The highest BCUT2D eigenvalue weighted by Gasteiger charge is 2.15. The van der Waals surface area contributed by atoms with Crippen LogP contribution in [0.25, 0.3) is 10.9 Å². The first kappa shape index (κ1) is 13.8. The van der Waals surface area contributed by atoms with Crippen LogP contribution in [0.5, 0.6) is 0 Å². The maximum Gasteiger partial charge on any atom is 0.0780 e. The van der Waals surface area contributed by atoms with Crippen LogP contribution < -0.4 is 5.32 Å². The highest BCUT2D eigenvalue weighted by molar-refractivity contribution is 5.78. The summed E-state index contributed by atoms with van der Waals surface area (Å²) in [5.74, 6) is 0. The second kappa shape index (κ2) is 6.06. The number of nitrogens with zero attached hydrogens (tertiary/aromatic N) is 3. The van der Waals surface area contributed by atoms with Crippen LogP contribution in [-0.2, 0) is 6.54 Å². The summed E-state index contributed by atoms with van der Waals surface area (Å²) in [6.45, 7) is 3.10. The summed E-state index contributed by atoms with van der Waals surface area (Å²) >= 11 is 0. The van der Waals surface area contributed by atoms with E-state index in [1.807, 2.05) is 36.1 Å². The summed E-state index contributed by atoms with van der Waals surface area (Å²) < 4.78 is 1.99. The van der Waals surface area contributed by atoms with Gasteiger partial charge in [-0.3, -0.25) is 9.67 Å². The standard InChI is InChI=1S/C17H20N4/c1-3-10-21-12-14(11-19-21)17(18-2)16-9-8-13-6-4-5-7-15(13)20-16/h4-9,11-12,17-18H,3,10H2,1-2H3. The van der Waals surface area contributed by atoms with Gasteiger partial charge >= 0.3 is 0 Å². The van der Waals surface area contributed by atoms with Crippen LogP contribution in [0.1, 0.15) is 30.6 Å². The van der Waals surface area contributed by atoms with Gasteiger partial charge in [0.2, 0.25) is 0 Å². The van der Waals surface area contributed by atoms with Gasteiger partial charge in [-0.2, -0.15) is 5.10 Å². The van der Waals surface area contributed by atoms with Crippen LogP contribution in [0.2, 0.25) is 0 Å². The molecule has 0 saturated carbocycles. The third kappa shape index (κ3) is 2.81. The van der Waals surface area contributed by atoms with Gasteiger partial charge in [-0.1, -0.05) is 31.2 Å². The summed E-state index contributed by atoms with van der Waals surface area (Å²) in [5.41, 5.74) is 3.19. The largest absolute Gasteiger partial charge is 0.308 e. The molecule has 3 rings (SSSR count). The van der Waals surface area contributed by atoms with Gasteiger partial charge < -0.3 is 5.32 Å². The lowest BCUT2D eigenvalue weighted by atomic mass is 10.1. The zero-order valence-electron chi connectivity index (χ0n) is 12.5. The predicted octanol–water partition coefficient (Wildman–Crippen LogP) is 3.15. The SMILES string of the molecule is CCCn1cc(C(NC)c2ccc3ccccc3n2)cn1. The minimum absolute atomic E-state index is 0.0696. The molecule has 3 aromatic rings. The van der Waals surface area contributed by atoms with Crippen molar-refractivity contribution in [2.75, 3.05) is 7.05 Å². The Hall–Kier alpha value is -2.20. The lowest BCUT2D eigenvalue weighted by Gasteiger charge is -2.14. The Morgan fingerprint density at radius 2 is 2.05 bits per heavy atom. The van der Waals surface area contributed by atoms with Crippen molar-refractivity contribution in [3.05, 3.63) is 60.0 Å². The van der Waals surface area contributed by atoms with Crippen LogP contribution >= 0.6 is 0 Å². The summed E-state index contributed by atoms with van der Waals surface area (Å²) in [5, 5.41) is 8.92. The molecule has 0 saturated heterocycles. The van der Waals surface area contributed by atoms with Crippen LogP contribution in [0, 0.1) is 0 Å². The Morgan fingerprint density at radius 3 is 2.86 bits per heavy atom. The van der Waals surface area contributed by atoms with Crippen LogP contribution in [0.15, 0.2) is 48.8 Å². The van der Waals surface area contributed by atoms with E-state index in [0.29, 0.717) is 0 Å². The van der Waals surface area contributed by atoms with E-state index in [4.69, 9.17) is 4.98 Å². The van der Waals surface area contributed by atoms with Gasteiger partial charge in [0.05, 0.1) is 23.4 Å². The second-order valence-corrected chi connectivity index (χ2v) is 5.19. The first-order valence-corrected chi connectivity index (χ1v) is 7.37. The molecular formula is C17H20N4. The molecule has 0 aliphatic carbocycles. The molecule has 0 spiro atoms. The number of pyridine rings is 1. The van der Waals surface area contributed by atoms with Crippen LogP contribution in [0.4, 0.5) is 0 Å². The van der Waals surface area contributed by atoms with E-state index >= 15 is 0 Å². The molecule has 0 aliphatic rings. The molecule has 0 fully saturated rings. The van der Waals surface area contributed by atoms with Crippen molar-refractivity contribution in [2.45, 2.75) is 25.9 Å². The van der Waals surface area contributed by atoms with E-state index in [0.717, 1.165) is 35.1 Å². The molecule has 4 heteroatoms. The lowest BCUT2D eigenvalue weighted by Crippen LogP contribution is -2.18. The van der Waals surface area contributed by atoms with Gasteiger partial charge in [0.15, 0.2) is 0 Å². The number of rotatable bonds is 5.